The van der Waals surface area contributed by atoms with Crippen LogP contribution in [0.5, 0.6) is 0 Å². The molecule has 0 radical (unpaired) electrons. The number of rotatable bonds is 3. The van der Waals surface area contributed by atoms with Crippen LogP contribution in [0.1, 0.15) is 30.3 Å². The van der Waals surface area contributed by atoms with Crippen molar-refractivity contribution in [1.29, 1.82) is 0 Å². The van der Waals surface area contributed by atoms with E-state index in [0.29, 0.717) is 12.2 Å². The van der Waals surface area contributed by atoms with Gasteiger partial charge < -0.3 is 15.4 Å². The Morgan fingerprint density at radius 3 is 2.68 bits per heavy atom. The molecule has 0 atom stereocenters. The molecule has 2 rings (SSSR count). The highest BCUT2D eigenvalue weighted by molar-refractivity contribution is 5.92. The zero-order valence-corrected chi connectivity index (χ0v) is 10.8. The number of aromatic nitrogens is 2. The number of hydrogen-bond donors (Lipinski definition) is 2. The Kier molecular flexibility index (Phi) is 4.27. The van der Waals surface area contributed by atoms with Gasteiger partial charge in [0.25, 0.3) is 5.91 Å². The highest BCUT2D eigenvalue weighted by Gasteiger charge is 2.17. The van der Waals surface area contributed by atoms with E-state index in [1.54, 1.807) is 12.1 Å². The van der Waals surface area contributed by atoms with Gasteiger partial charge in [0.05, 0.1) is 5.71 Å². The molecule has 1 aromatic rings. The van der Waals surface area contributed by atoms with Gasteiger partial charge in [-0.2, -0.15) is 0 Å². The zero-order chi connectivity index (χ0) is 13.7. The maximum absolute atomic E-state index is 11.5. The third-order valence-corrected chi connectivity index (χ3v) is 3.03. The molecule has 0 unspecified atom stereocenters. The van der Waals surface area contributed by atoms with Crippen LogP contribution < -0.4 is 10.2 Å². The molecule has 7 nitrogen and oxygen atoms in total. The Bertz CT molecular complexity index is 462. The number of nitrogens with one attached hydrogen (secondary N) is 1. The largest absolute Gasteiger partial charge is 0.411 e. The number of nitrogens with zero attached hydrogens (tertiary/aromatic N) is 4. The molecule has 1 fully saturated rings. The van der Waals surface area contributed by atoms with E-state index in [4.69, 9.17) is 5.21 Å². The lowest BCUT2D eigenvalue weighted by Gasteiger charge is -2.27. The van der Waals surface area contributed by atoms with Crippen molar-refractivity contribution < 1.29 is 10.0 Å². The van der Waals surface area contributed by atoms with Crippen LogP contribution in [-0.2, 0) is 0 Å². The summed E-state index contributed by atoms with van der Waals surface area (Å²) in [6.45, 7) is 3.91. The molecule has 0 bridgehead atoms. The van der Waals surface area contributed by atoms with E-state index in [9.17, 15) is 4.79 Å². The summed E-state index contributed by atoms with van der Waals surface area (Å²) < 4.78 is 0. The minimum atomic E-state index is -0.213. The molecular weight excluding hydrogens is 246 g/mol. The molecule has 0 saturated carbocycles. The van der Waals surface area contributed by atoms with Crippen LogP contribution in [0, 0.1) is 0 Å². The summed E-state index contributed by atoms with van der Waals surface area (Å²) in [5.41, 5.74) is 1.13. The first-order valence-electron chi connectivity index (χ1n) is 6.31. The highest BCUT2D eigenvalue weighted by Crippen LogP contribution is 2.15. The second-order valence-electron chi connectivity index (χ2n) is 4.29. The van der Waals surface area contributed by atoms with E-state index in [-0.39, 0.29) is 5.91 Å². The van der Waals surface area contributed by atoms with E-state index < -0.39 is 0 Å². The van der Waals surface area contributed by atoms with E-state index in [0.717, 1.165) is 37.5 Å². The fourth-order valence-corrected chi connectivity index (χ4v) is 1.96. The monoisotopic (exact) mass is 263 g/mol. The van der Waals surface area contributed by atoms with Crippen LogP contribution >= 0.6 is 0 Å². The molecule has 7 heteroatoms. The van der Waals surface area contributed by atoms with Crippen molar-refractivity contribution >= 4 is 17.4 Å². The van der Waals surface area contributed by atoms with E-state index >= 15 is 0 Å². The first-order valence-corrected chi connectivity index (χ1v) is 6.31. The van der Waals surface area contributed by atoms with Crippen LogP contribution in [0.15, 0.2) is 17.3 Å². The highest BCUT2D eigenvalue weighted by atomic mass is 16.4. The van der Waals surface area contributed by atoms with Crippen molar-refractivity contribution in [1.82, 2.24) is 15.5 Å². The summed E-state index contributed by atoms with van der Waals surface area (Å²) in [4.78, 5) is 13.6. The molecule has 1 aliphatic heterocycles. The molecule has 1 aromatic heterocycles. The Balaban J connectivity index is 2.01. The number of carbonyl (C=O) groups is 1. The number of carbonyl (C=O) groups excluding carboxylic acids is 1. The Labute approximate surface area is 111 Å². The van der Waals surface area contributed by atoms with Gasteiger partial charge in [-0.05, 0) is 19.1 Å². The topological polar surface area (TPSA) is 90.7 Å². The van der Waals surface area contributed by atoms with Gasteiger partial charge in [-0.15, -0.1) is 10.2 Å². The van der Waals surface area contributed by atoms with E-state index in [1.165, 1.54) is 0 Å². The van der Waals surface area contributed by atoms with Gasteiger partial charge in [-0.1, -0.05) is 5.16 Å². The number of piperidine rings is 1. The molecule has 1 saturated heterocycles. The van der Waals surface area contributed by atoms with E-state index in [1.807, 2.05) is 6.92 Å². The standard InChI is InChI=1S/C12H17N5O2/c1-2-13-12(18)10-3-4-11(15-14-10)17-7-5-9(16-19)6-8-17/h3-4,19H,2,5-8H2,1H3,(H,13,18). The van der Waals surface area contributed by atoms with Crippen LogP contribution in [-0.4, -0.2) is 46.7 Å². The van der Waals surface area contributed by atoms with Gasteiger partial charge in [-0.3, -0.25) is 4.79 Å². The normalized spacial score (nSPS) is 15.2. The zero-order valence-electron chi connectivity index (χ0n) is 10.8. The van der Waals surface area contributed by atoms with Gasteiger partial charge in [0.1, 0.15) is 0 Å². The molecule has 2 N–H and O–H groups in total. The van der Waals surface area contributed by atoms with Crippen molar-refractivity contribution in [3.8, 4) is 0 Å². The third kappa shape index (κ3) is 3.18. The second-order valence-corrected chi connectivity index (χ2v) is 4.29. The van der Waals surface area contributed by atoms with Gasteiger partial charge in [0.2, 0.25) is 0 Å². The van der Waals surface area contributed by atoms with Crippen LogP contribution in [0.25, 0.3) is 0 Å². The fourth-order valence-electron chi connectivity index (χ4n) is 1.96. The summed E-state index contributed by atoms with van der Waals surface area (Å²) in [5, 5.41) is 22.6. The molecule has 1 amide bonds. The first kappa shape index (κ1) is 13.3. The minimum absolute atomic E-state index is 0.213. The predicted molar refractivity (Wildman–Crippen MR) is 70.7 cm³/mol. The lowest BCUT2D eigenvalue weighted by Crippen LogP contribution is -2.34. The van der Waals surface area contributed by atoms with Crippen molar-refractivity contribution in [2.75, 3.05) is 24.5 Å². The third-order valence-electron chi connectivity index (χ3n) is 3.03. The molecule has 0 aromatic carbocycles. The average Bonchev–Trinajstić information content (AvgIpc) is 2.48. The molecule has 0 aliphatic carbocycles. The number of anilines is 1. The summed E-state index contributed by atoms with van der Waals surface area (Å²) >= 11 is 0. The number of oxime groups is 1. The second kappa shape index (κ2) is 6.12. The molecule has 0 spiro atoms. The van der Waals surface area contributed by atoms with Gasteiger partial charge in [0, 0.05) is 32.5 Å². The maximum Gasteiger partial charge on any atom is 0.271 e. The predicted octanol–water partition coefficient (Wildman–Crippen LogP) is 0.657. The SMILES string of the molecule is CCNC(=O)c1ccc(N2CCC(=NO)CC2)nn1. The van der Waals surface area contributed by atoms with Crippen molar-refractivity contribution in [3.63, 3.8) is 0 Å². The van der Waals surface area contributed by atoms with Crippen molar-refractivity contribution in [3.05, 3.63) is 17.8 Å². The van der Waals surface area contributed by atoms with Crippen LogP contribution in [0.2, 0.25) is 0 Å². The molecule has 1 aliphatic rings. The maximum atomic E-state index is 11.5. The van der Waals surface area contributed by atoms with Gasteiger partial charge >= 0.3 is 0 Å². The average molecular weight is 263 g/mol. The smallest absolute Gasteiger partial charge is 0.271 e. The summed E-state index contributed by atoms with van der Waals surface area (Å²) in [7, 11) is 0. The quantitative estimate of drug-likeness (QED) is 0.617. The van der Waals surface area contributed by atoms with Crippen LogP contribution in [0.3, 0.4) is 0 Å². The molecule has 19 heavy (non-hydrogen) atoms. The lowest BCUT2D eigenvalue weighted by molar-refractivity contribution is 0.0950. The van der Waals surface area contributed by atoms with Gasteiger partial charge in [-0.25, -0.2) is 0 Å². The fraction of sp³-hybridized carbons (Fsp3) is 0.500. The first-order chi connectivity index (χ1) is 9.24. The molecule has 102 valence electrons. The van der Waals surface area contributed by atoms with E-state index in [2.05, 4.69) is 25.6 Å². The molecular formula is C12H17N5O2. The number of hydrogen-bond acceptors (Lipinski definition) is 6. The van der Waals surface area contributed by atoms with Crippen LogP contribution in [0.4, 0.5) is 5.82 Å². The van der Waals surface area contributed by atoms with Gasteiger partial charge in [0.15, 0.2) is 11.5 Å². The Morgan fingerprint density at radius 2 is 2.16 bits per heavy atom. The molecule has 2 heterocycles. The number of amides is 1. The Hall–Kier alpha value is -2.18. The van der Waals surface area contributed by atoms with Crippen molar-refractivity contribution in [2.45, 2.75) is 19.8 Å². The van der Waals surface area contributed by atoms with Crippen molar-refractivity contribution in [2.24, 2.45) is 5.16 Å². The lowest BCUT2D eigenvalue weighted by atomic mass is 10.1. The summed E-state index contributed by atoms with van der Waals surface area (Å²) in [5.74, 6) is 0.528. The Morgan fingerprint density at radius 1 is 1.42 bits per heavy atom. The summed E-state index contributed by atoms with van der Waals surface area (Å²) in [6, 6.07) is 3.46. The minimum Gasteiger partial charge on any atom is -0.411 e. The summed E-state index contributed by atoms with van der Waals surface area (Å²) in [6.07, 6.45) is 1.44.